The van der Waals surface area contributed by atoms with Crippen molar-refractivity contribution in [3.63, 3.8) is 0 Å². The van der Waals surface area contributed by atoms with Crippen molar-refractivity contribution in [2.45, 2.75) is 13.8 Å². The van der Waals surface area contributed by atoms with Crippen LogP contribution in [0, 0.1) is 0 Å². The van der Waals surface area contributed by atoms with E-state index in [9.17, 15) is 9.36 Å². The number of para-hydroxylation sites is 1. The molecule has 2 N–H and O–H groups in total. The first-order chi connectivity index (χ1) is 8.52. The normalized spacial score (nSPS) is 11.4. The Hall–Kier alpha value is -1.16. The summed E-state index contributed by atoms with van der Waals surface area (Å²) in [4.78, 5) is 12.0. The van der Waals surface area contributed by atoms with Gasteiger partial charge in [0.25, 0.3) is 0 Å². The molecule has 0 saturated heterocycles. The number of carbonyl (C=O) groups excluding carboxylic acids is 1. The number of hydrogen-bond acceptors (Lipinski definition) is 5. The largest absolute Gasteiger partial charge is 0.398 e. The van der Waals surface area contributed by atoms with Crippen LogP contribution in [0.3, 0.4) is 0 Å². The number of rotatable bonds is 7. The van der Waals surface area contributed by atoms with Gasteiger partial charge in [-0.1, -0.05) is 12.1 Å². The maximum atomic E-state index is 12.2. The standard InChI is InChI=1S/C12H18NO4P/c1-3-16-18(15,17-4-2)9-12(14)10-7-5-6-8-11(10)13/h5-8H,3-4,9,13H2,1-2H3. The van der Waals surface area contributed by atoms with E-state index in [2.05, 4.69) is 0 Å². The molecule has 1 aromatic rings. The molecule has 0 aliphatic rings. The summed E-state index contributed by atoms with van der Waals surface area (Å²) in [5, 5.41) is 0. The third-order valence-electron chi connectivity index (χ3n) is 2.25. The van der Waals surface area contributed by atoms with Gasteiger partial charge in [0.1, 0.15) is 6.16 Å². The number of hydrogen-bond donors (Lipinski definition) is 1. The molecule has 0 aliphatic carbocycles. The zero-order valence-corrected chi connectivity index (χ0v) is 11.5. The highest BCUT2D eigenvalue weighted by atomic mass is 31.2. The van der Waals surface area contributed by atoms with E-state index in [1.165, 1.54) is 0 Å². The highest BCUT2D eigenvalue weighted by Crippen LogP contribution is 2.48. The van der Waals surface area contributed by atoms with Gasteiger partial charge in [-0.15, -0.1) is 0 Å². The van der Waals surface area contributed by atoms with Crippen LogP contribution in [-0.4, -0.2) is 25.2 Å². The Balaban J connectivity index is 2.85. The maximum absolute atomic E-state index is 12.2. The van der Waals surface area contributed by atoms with E-state index in [1.807, 2.05) is 0 Å². The lowest BCUT2D eigenvalue weighted by Gasteiger charge is -2.16. The molecule has 0 heterocycles. The third-order valence-corrected chi connectivity index (χ3v) is 4.23. The number of ketones is 1. The first kappa shape index (κ1) is 14.9. The lowest BCUT2D eigenvalue weighted by molar-refractivity contribution is 0.101. The van der Waals surface area contributed by atoms with Gasteiger partial charge >= 0.3 is 7.60 Å². The molecule has 0 aromatic heterocycles. The van der Waals surface area contributed by atoms with Gasteiger partial charge in [-0.2, -0.15) is 0 Å². The van der Waals surface area contributed by atoms with E-state index in [1.54, 1.807) is 38.1 Å². The zero-order chi connectivity index (χ0) is 13.6. The lowest BCUT2D eigenvalue weighted by Crippen LogP contribution is -2.12. The van der Waals surface area contributed by atoms with E-state index < -0.39 is 7.60 Å². The molecule has 0 bridgehead atoms. The van der Waals surface area contributed by atoms with E-state index in [4.69, 9.17) is 14.8 Å². The lowest BCUT2D eigenvalue weighted by atomic mass is 10.1. The molecular formula is C12H18NO4P. The molecule has 0 amide bonds. The summed E-state index contributed by atoms with van der Waals surface area (Å²) < 4.78 is 22.3. The highest BCUT2D eigenvalue weighted by molar-refractivity contribution is 7.54. The second kappa shape index (κ2) is 6.69. The zero-order valence-electron chi connectivity index (χ0n) is 10.6. The second-order valence-corrected chi connectivity index (χ2v) is 5.67. The van der Waals surface area contributed by atoms with Gasteiger partial charge in [-0.3, -0.25) is 9.36 Å². The predicted molar refractivity (Wildman–Crippen MR) is 70.9 cm³/mol. The summed E-state index contributed by atoms with van der Waals surface area (Å²) in [6.07, 6.45) is -0.289. The quantitative estimate of drug-likeness (QED) is 0.468. The van der Waals surface area contributed by atoms with Crippen LogP contribution < -0.4 is 5.73 Å². The first-order valence-corrected chi connectivity index (χ1v) is 7.51. The monoisotopic (exact) mass is 271 g/mol. The van der Waals surface area contributed by atoms with Crippen molar-refractivity contribution >= 4 is 19.1 Å². The molecule has 0 aliphatic heterocycles. The van der Waals surface area contributed by atoms with Gasteiger partial charge < -0.3 is 14.8 Å². The Morgan fingerprint density at radius 3 is 2.28 bits per heavy atom. The molecule has 6 heteroatoms. The highest BCUT2D eigenvalue weighted by Gasteiger charge is 2.28. The Bertz CT molecular complexity index is 451. The molecule has 0 saturated carbocycles. The van der Waals surface area contributed by atoms with Gasteiger partial charge in [0.2, 0.25) is 0 Å². The van der Waals surface area contributed by atoms with Crippen LogP contribution in [0.5, 0.6) is 0 Å². The minimum Gasteiger partial charge on any atom is -0.398 e. The summed E-state index contributed by atoms with van der Waals surface area (Å²) in [6.45, 7) is 3.86. The number of benzene rings is 1. The van der Waals surface area contributed by atoms with Crippen molar-refractivity contribution in [3.05, 3.63) is 29.8 Å². The predicted octanol–water partition coefficient (Wildman–Crippen LogP) is 2.72. The summed E-state index contributed by atoms with van der Waals surface area (Å²) in [6, 6.07) is 6.66. The van der Waals surface area contributed by atoms with E-state index in [0.717, 1.165) is 0 Å². The molecule has 0 radical (unpaired) electrons. The number of nitrogens with two attached hydrogens (primary N) is 1. The molecule has 0 atom stereocenters. The van der Waals surface area contributed by atoms with Gasteiger partial charge in [-0.05, 0) is 26.0 Å². The van der Waals surface area contributed by atoms with Crippen molar-refractivity contribution in [2.75, 3.05) is 25.1 Å². The van der Waals surface area contributed by atoms with E-state index in [0.29, 0.717) is 11.3 Å². The Kier molecular flexibility index (Phi) is 5.54. The van der Waals surface area contributed by atoms with Crippen molar-refractivity contribution in [1.82, 2.24) is 0 Å². The van der Waals surface area contributed by atoms with Crippen molar-refractivity contribution in [2.24, 2.45) is 0 Å². The van der Waals surface area contributed by atoms with Crippen molar-refractivity contribution in [1.29, 1.82) is 0 Å². The van der Waals surface area contributed by atoms with Gasteiger partial charge in [0.05, 0.1) is 13.2 Å². The molecule has 18 heavy (non-hydrogen) atoms. The summed E-state index contributed by atoms with van der Waals surface area (Å²) >= 11 is 0. The Morgan fingerprint density at radius 1 is 1.22 bits per heavy atom. The van der Waals surface area contributed by atoms with Crippen LogP contribution in [-0.2, 0) is 13.6 Å². The minimum absolute atomic E-state index is 0.231. The second-order valence-electron chi connectivity index (χ2n) is 3.61. The molecular weight excluding hydrogens is 253 g/mol. The fourth-order valence-electron chi connectivity index (χ4n) is 1.53. The topological polar surface area (TPSA) is 78.6 Å². The van der Waals surface area contributed by atoms with E-state index in [-0.39, 0.29) is 25.2 Å². The van der Waals surface area contributed by atoms with Crippen LogP contribution in [0.25, 0.3) is 0 Å². The average molecular weight is 271 g/mol. The molecule has 1 aromatic carbocycles. The Labute approximate surface area is 107 Å². The number of nitrogen functional groups attached to an aromatic ring is 1. The number of Topliss-reactive ketones (excluding diaryl/α,β-unsaturated/α-hetero) is 1. The molecule has 0 fully saturated rings. The van der Waals surface area contributed by atoms with Gasteiger partial charge in [0, 0.05) is 11.3 Å². The molecule has 5 nitrogen and oxygen atoms in total. The van der Waals surface area contributed by atoms with Crippen LogP contribution in [0.15, 0.2) is 24.3 Å². The third kappa shape index (κ3) is 3.95. The smallest absolute Gasteiger partial charge is 0.338 e. The van der Waals surface area contributed by atoms with Crippen LogP contribution in [0.4, 0.5) is 5.69 Å². The first-order valence-electron chi connectivity index (χ1n) is 5.78. The Morgan fingerprint density at radius 2 is 1.78 bits per heavy atom. The van der Waals surface area contributed by atoms with Gasteiger partial charge in [0.15, 0.2) is 5.78 Å². The van der Waals surface area contributed by atoms with E-state index >= 15 is 0 Å². The maximum Gasteiger partial charge on any atom is 0.338 e. The molecule has 1 rings (SSSR count). The summed E-state index contributed by atoms with van der Waals surface area (Å²) in [7, 11) is -3.37. The van der Waals surface area contributed by atoms with Crippen molar-refractivity contribution in [3.8, 4) is 0 Å². The average Bonchev–Trinajstić information content (AvgIpc) is 2.29. The summed E-state index contributed by atoms with van der Waals surface area (Å²) in [5.74, 6) is -0.335. The van der Waals surface area contributed by atoms with Crippen LogP contribution in [0.2, 0.25) is 0 Å². The SMILES string of the molecule is CCOP(=O)(CC(=O)c1ccccc1N)OCC. The molecule has 0 spiro atoms. The van der Waals surface area contributed by atoms with Crippen molar-refractivity contribution < 1.29 is 18.4 Å². The molecule has 100 valence electrons. The number of anilines is 1. The fraction of sp³-hybridized carbons (Fsp3) is 0.417. The van der Waals surface area contributed by atoms with Gasteiger partial charge in [-0.25, -0.2) is 0 Å². The minimum atomic E-state index is -3.37. The molecule has 0 unspecified atom stereocenters. The van der Waals surface area contributed by atoms with Crippen LogP contribution in [0.1, 0.15) is 24.2 Å². The summed E-state index contributed by atoms with van der Waals surface area (Å²) in [5.41, 5.74) is 6.40. The fourth-order valence-corrected chi connectivity index (χ4v) is 3.10. The number of carbonyl (C=O) groups is 1. The van der Waals surface area contributed by atoms with Crippen LogP contribution >= 0.6 is 7.60 Å².